The van der Waals surface area contributed by atoms with Crippen molar-refractivity contribution in [2.45, 2.75) is 30.8 Å². The summed E-state index contributed by atoms with van der Waals surface area (Å²) in [6, 6.07) is 10.0. The number of nitrogens with zero attached hydrogens (tertiary/aromatic N) is 1. The number of amides is 1. The van der Waals surface area contributed by atoms with E-state index in [2.05, 4.69) is 10.2 Å². The van der Waals surface area contributed by atoms with Gasteiger partial charge in [0, 0.05) is 13.1 Å². The van der Waals surface area contributed by atoms with E-state index >= 15 is 0 Å². The second kappa shape index (κ2) is 8.03. The molecule has 1 amide bonds. The van der Waals surface area contributed by atoms with E-state index in [0.717, 1.165) is 30.7 Å². The Labute approximate surface area is 153 Å². The summed E-state index contributed by atoms with van der Waals surface area (Å²) in [5.74, 6) is 0.869. The predicted molar refractivity (Wildman–Crippen MR) is 96.4 cm³/mol. The van der Waals surface area contributed by atoms with E-state index in [1.807, 2.05) is 12.1 Å². The maximum absolute atomic E-state index is 12.5. The second-order valence-corrected chi connectivity index (χ2v) is 8.12. The van der Waals surface area contributed by atoms with E-state index in [1.54, 1.807) is 18.4 Å². The van der Waals surface area contributed by atoms with Crippen LogP contribution in [0.3, 0.4) is 0 Å². The number of primary sulfonamides is 1. The Morgan fingerprint density at radius 1 is 1.27 bits per heavy atom. The Kier molecular flexibility index (Phi) is 5.75. The molecular weight excluding hydrogens is 354 g/mol. The van der Waals surface area contributed by atoms with Gasteiger partial charge < -0.3 is 9.73 Å². The topological polar surface area (TPSA) is 106 Å². The van der Waals surface area contributed by atoms with E-state index in [0.29, 0.717) is 19.6 Å². The summed E-state index contributed by atoms with van der Waals surface area (Å²) in [7, 11) is -3.70. The lowest BCUT2D eigenvalue weighted by Crippen LogP contribution is -2.42. The van der Waals surface area contributed by atoms with Gasteiger partial charge in [0.2, 0.25) is 15.9 Å². The monoisotopic (exact) mass is 377 g/mol. The molecule has 3 N–H and O–H groups in total. The SMILES string of the molecule is NS(=O)(=O)c1ccc(CNC(=O)[C@@H]2CCCN(Cc3ccco3)C2)cc1. The number of piperidine rings is 1. The fraction of sp³-hybridized carbons (Fsp3) is 0.389. The van der Waals surface area contributed by atoms with Crippen molar-refractivity contribution in [3.8, 4) is 0 Å². The Hall–Kier alpha value is -2.16. The number of nitrogens with one attached hydrogen (secondary N) is 1. The van der Waals surface area contributed by atoms with Crippen molar-refractivity contribution in [2.24, 2.45) is 11.1 Å². The molecule has 1 aliphatic heterocycles. The largest absolute Gasteiger partial charge is 0.468 e. The van der Waals surface area contributed by atoms with Gasteiger partial charge in [-0.1, -0.05) is 12.1 Å². The molecule has 1 fully saturated rings. The van der Waals surface area contributed by atoms with Crippen LogP contribution in [-0.4, -0.2) is 32.3 Å². The van der Waals surface area contributed by atoms with Gasteiger partial charge in [-0.2, -0.15) is 0 Å². The zero-order valence-corrected chi connectivity index (χ0v) is 15.2. The fourth-order valence-electron chi connectivity index (χ4n) is 3.17. The lowest BCUT2D eigenvalue weighted by atomic mass is 9.97. The molecule has 7 nitrogen and oxygen atoms in total. The van der Waals surface area contributed by atoms with Gasteiger partial charge in [0.05, 0.1) is 23.6 Å². The number of hydrogen-bond acceptors (Lipinski definition) is 5. The second-order valence-electron chi connectivity index (χ2n) is 6.56. The van der Waals surface area contributed by atoms with E-state index in [1.165, 1.54) is 12.1 Å². The van der Waals surface area contributed by atoms with Gasteiger partial charge >= 0.3 is 0 Å². The summed E-state index contributed by atoms with van der Waals surface area (Å²) in [6.07, 6.45) is 3.50. The number of nitrogens with two attached hydrogens (primary N) is 1. The molecule has 2 heterocycles. The first-order valence-corrected chi connectivity index (χ1v) is 10.1. The first-order chi connectivity index (χ1) is 12.4. The minimum absolute atomic E-state index is 0.0182. The highest BCUT2D eigenvalue weighted by atomic mass is 32.2. The molecule has 0 spiro atoms. The lowest BCUT2D eigenvalue weighted by Gasteiger charge is -2.31. The van der Waals surface area contributed by atoms with Crippen LogP contribution in [-0.2, 0) is 27.9 Å². The van der Waals surface area contributed by atoms with Crippen molar-refractivity contribution in [3.05, 3.63) is 54.0 Å². The maximum atomic E-state index is 12.5. The third kappa shape index (κ3) is 4.94. The summed E-state index contributed by atoms with van der Waals surface area (Å²) in [4.78, 5) is 14.8. The quantitative estimate of drug-likeness (QED) is 0.793. The smallest absolute Gasteiger partial charge is 0.238 e. The van der Waals surface area contributed by atoms with Crippen LogP contribution in [0, 0.1) is 5.92 Å². The third-order valence-corrected chi connectivity index (χ3v) is 5.48. The number of carbonyl (C=O) groups excluding carboxylic acids is 1. The van der Waals surface area contributed by atoms with Crippen molar-refractivity contribution >= 4 is 15.9 Å². The van der Waals surface area contributed by atoms with Gasteiger partial charge in [0.15, 0.2) is 0 Å². The molecular formula is C18H23N3O4S. The van der Waals surface area contributed by atoms with Crippen LogP contribution in [0.4, 0.5) is 0 Å². The van der Waals surface area contributed by atoms with Crippen LogP contribution in [0.1, 0.15) is 24.2 Å². The molecule has 140 valence electrons. The number of furan rings is 1. The number of hydrogen-bond donors (Lipinski definition) is 2. The van der Waals surface area contributed by atoms with E-state index in [-0.39, 0.29) is 16.7 Å². The Morgan fingerprint density at radius 3 is 2.69 bits per heavy atom. The first kappa shape index (κ1) is 18.6. The van der Waals surface area contributed by atoms with Gasteiger partial charge in [0.1, 0.15) is 5.76 Å². The van der Waals surface area contributed by atoms with Gasteiger partial charge in [-0.05, 0) is 49.2 Å². The van der Waals surface area contributed by atoms with Crippen LogP contribution in [0.15, 0.2) is 52.0 Å². The van der Waals surface area contributed by atoms with Crippen molar-refractivity contribution in [2.75, 3.05) is 13.1 Å². The van der Waals surface area contributed by atoms with E-state index in [4.69, 9.17) is 9.56 Å². The summed E-state index contributed by atoms with van der Waals surface area (Å²) in [5, 5.41) is 8.02. The van der Waals surface area contributed by atoms with Crippen LogP contribution in [0.25, 0.3) is 0 Å². The van der Waals surface area contributed by atoms with Gasteiger partial charge in [-0.15, -0.1) is 0 Å². The average molecular weight is 377 g/mol. The Bertz CT molecular complexity index is 832. The van der Waals surface area contributed by atoms with Crippen LogP contribution in [0.2, 0.25) is 0 Å². The number of benzene rings is 1. The maximum Gasteiger partial charge on any atom is 0.238 e. The molecule has 26 heavy (non-hydrogen) atoms. The van der Waals surface area contributed by atoms with Crippen LogP contribution < -0.4 is 10.5 Å². The zero-order chi connectivity index (χ0) is 18.6. The van der Waals surface area contributed by atoms with Gasteiger partial charge in [-0.25, -0.2) is 13.6 Å². The van der Waals surface area contributed by atoms with Crippen molar-refractivity contribution in [1.29, 1.82) is 0 Å². The standard InChI is InChI=1S/C18H23N3O4S/c19-26(23,24)17-7-5-14(6-8-17)11-20-18(22)15-3-1-9-21(12-15)13-16-4-2-10-25-16/h2,4-8,10,15H,1,3,9,11-13H2,(H,20,22)(H2,19,23,24)/t15-/m1/s1. The summed E-state index contributed by atoms with van der Waals surface area (Å²) in [6.45, 7) is 2.74. The Balaban J connectivity index is 1.51. The molecule has 8 heteroatoms. The molecule has 1 aliphatic rings. The number of rotatable bonds is 6. The molecule has 1 saturated heterocycles. The van der Waals surface area contributed by atoms with Crippen molar-refractivity contribution in [1.82, 2.24) is 10.2 Å². The van der Waals surface area contributed by atoms with Gasteiger partial charge in [0.25, 0.3) is 0 Å². The van der Waals surface area contributed by atoms with Crippen molar-refractivity contribution in [3.63, 3.8) is 0 Å². The molecule has 3 rings (SSSR count). The third-order valence-electron chi connectivity index (χ3n) is 4.55. The molecule has 0 bridgehead atoms. The summed E-state index contributed by atoms with van der Waals surface area (Å²) < 4.78 is 27.9. The molecule has 0 aliphatic carbocycles. The average Bonchev–Trinajstić information content (AvgIpc) is 3.12. The minimum Gasteiger partial charge on any atom is -0.468 e. The zero-order valence-electron chi connectivity index (χ0n) is 14.4. The number of sulfonamides is 1. The van der Waals surface area contributed by atoms with Gasteiger partial charge in [-0.3, -0.25) is 9.69 Å². The van der Waals surface area contributed by atoms with E-state index in [9.17, 15) is 13.2 Å². The lowest BCUT2D eigenvalue weighted by molar-refractivity contribution is -0.127. The fourth-order valence-corrected chi connectivity index (χ4v) is 3.68. The summed E-state index contributed by atoms with van der Waals surface area (Å²) in [5.41, 5.74) is 0.828. The molecule has 1 atom stereocenters. The number of carbonyl (C=O) groups is 1. The molecule has 0 radical (unpaired) electrons. The Morgan fingerprint density at radius 2 is 2.04 bits per heavy atom. The first-order valence-electron chi connectivity index (χ1n) is 8.56. The number of likely N-dealkylation sites (tertiary alicyclic amines) is 1. The molecule has 0 saturated carbocycles. The predicted octanol–water partition coefficient (Wildman–Crippen LogP) is 1.46. The molecule has 1 aromatic heterocycles. The molecule has 0 unspecified atom stereocenters. The highest BCUT2D eigenvalue weighted by molar-refractivity contribution is 7.89. The minimum atomic E-state index is -3.70. The van der Waals surface area contributed by atoms with E-state index < -0.39 is 10.0 Å². The van der Waals surface area contributed by atoms with Crippen LogP contribution in [0.5, 0.6) is 0 Å². The highest BCUT2D eigenvalue weighted by Crippen LogP contribution is 2.19. The summed E-state index contributed by atoms with van der Waals surface area (Å²) >= 11 is 0. The normalized spacial score (nSPS) is 18.6. The highest BCUT2D eigenvalue weighted by Gasteiger charge is 2.26. The van der Waals surface area contributed by atoms with Crippen LogP contribution >= 0.6 is 0 Å². The molecule has 2 aromatic rings. The van der Waals surface area contributed by atoms with Crippen molar-refractivity contribution < 1.29 is 17.6 Å². The molecule has 1 aromatic carbocycles.